The summed E-state index contributed by atoms with van der Waals surface area (Å²) in [5.41, 5.74) is -0.0778. The Kier molecular flexibility index (Phi) is 6.24. The van der Waals surface area contributed by atoms with Crippen molar-refractivity contribution in [2.24, 2.45) is 11.8 Å². The fraction of sp³-hybridized carbons (Fsp3) is 0.500. The number of halogens is 1. The molecule has 6 nitrogen and oxygen atoms in total. The molecule has 1 aromatic carbocycles. The number of benzene rings is 1. The summed E-state index contributed by atoms with van der Waals surface area (Å²) < 4.78 is 29.9. The first kappa shape index (κ1) is 20.6. The predicted molar refractivity (Wildman–Crippen MR) is 96.6 cm³/mol. The number of hydrogen-bond donors (Lipinski definition) is 0. The molecule has 1 saturated carbocycles. The molecule has 0 N–H and O–H groups in total. The summed E-state index contributed by atoms with van der Waals surface area (Å²) in [6, 6.07) is 2.49. The molecule has 2 unspecified atom stereocenters. The van der Waals surface area contributed by atoms with Crippen molar-refractivity contribution in [1.29, 1.82) is 0 Å². The van der Waals surface area contributed by atoms with Crippen LogP contribution >= 0.6 is 11.6 Å². The average Bonchev–Trinajstić information content (AvgIpc) is 2.60. The molecule has 1 aliphatic carbocycles. The smallest absolute Gasteiger partial charge is 0.182 e. The van der Waals surface area contributed by atoms with Gasteiger partial charge in [0.25, 0.3) is 0 Å². The fourth-order valence-electron chi connectivity index (χ4n) is 2.93. The highest BCUT2D eigenvalue weighted by Gasteiger charge is 2.41. The number of Topliss-reactive ketones (excluding diaryl/α,β-unsaturated/α-hetero) is 3. The largest absolute Gasteiger partial charge is 0.491 e. The first-order valence-electron chi connectivity index (χ1n) is 8.44. The van der Waals surface area contributed by atoms with Crippen LogP contribution < -0.4 is 4.74 Å². The molecule has 1 fully saturated rings. The van der Waals surface area contributed by atoms with Gasteiger partial charge in [0, 0.05) is 17.9 Å². The maximum atomic E-state index is 12.8. The van der Waals surface area contributed by atoms with E-state index in [1.165, 1.54) is 19.1 Å². The Morgan fingerprint density at radius 2 is 1.92 bits per heavy atom. The van der Waals surface area contributed by atoms with Gasteiger partial charge in [-0.3, -0.25) is 14.4 Å². The van der Waals surface area contributed by atoms with Crippen molar-refractivity contribution in [3.8, 4) is 5.75 Å². The van der Waals surface area contributed by atoms with E-state index >= 15 is 0 Å². The Morgan fingerprint density at radius 3 is 2.50 bits per heavy atom. The summed E-state index contributed by atoms with van der Waals surface area (Å²) in [7, 11) is -3.63. The van der Waals surface area contributed by atoms with Gasteiger partial charge in [0.2, 0.25) is 0 Å². The minimum absolute atomic E-state index is 0.0778. The maximum Gasteiger partial charge on any atom is 0.182 e. The average molecular weight is 401 g/mol. The molecule has 0 heterocycles. The molecule has 1 aliphatic rings. The van der Waals surface area contributed by atoms with Crippen molar-refractivity contribution in [3.05, 3.63) is 22.7 Å². The lowest BCUT2D eigenvalue weighted by Crippen LogP contribution is -2.39. The molecular formula is C18H21ClO6S. The molecule has 0 spiro atoms. The Labute approximate surface area is 157 Å². The van der Waals surface area contributed by atoms with Gasteiger partial charge in [-0.25, -0.2) is 8.42 Å². The van der Waals surface area contributed by atoms with Gasteiger partial charge in [0.15, 0.2) is 32.9 Å². The van der Waals surface area contributed by atoms with E-state index in [1.54, 1.807) is 13.8 Å². The van der Waals surface area contributed by atoms with E-state index < -0.39 is 33.1 Å². The van der Waals surface area contributed by atoms with Crippen LogP contribution in [0.2, 0.25) is 5.02 Å². The summed E-state index contributed by atoms with van der Waals surface area (Å²) in [4.78, 5) is 37.2. The van der Waals surface area contributed by atoms with Crippen molar-refractivity contribution in [2.75, 3.05) is 12.4 Å². The Morgan fingerprint density at radius 1 is 1.27 bits per heavy atom. The zero-order valence-electron chi connectivity index (χ0n) is 14.9. The highest BCUT2D eigenvalue weighted by atomic mass is 35.5. The molecule has 1 aromatic rings. The van der Waals surface area contributed by atoms with Gasteiger partial charge in [-0.2, -0.15) is 0 Å². The van der Waals surface area contributed by atoms with Crippen LogP contribution in [0.5, 0.6) is 5.75 Å². The second-order valence-corrected chi connectivity index (χ2v) is 8.82. The lowest BCUT2D eigenvalue weighted by atomic mass is 9.76. The fourth-order valence-corrected chi connectivity index (χ4v) is 4.33. The minimum atomic E-state index is -3.63. The van der Waals surface area contributed by atoms with Gasteiger partial charge < -0.3 is 4.74 Å². The summed E-state index contributed by atoms with van der Waals surface area (Å²) in [6.45, 7) is 4.96. The number of rotatable bonds is 6. The Balaban J connectivity index is 2.57. The third-order valence-corrected chi connectivity index (χ3v) is 6.64. The number of sulfone groups is 1. The van der Waals surface area contributed by atoms with Crippen LogP contribution in [0.15, 0.2) is 17.0 Å². The zero-order valence-corrected chi connectivity index (χ0v) is 16.4. The zero-order chi connectivity index (χ0) is 19.6. The SMILES string of the molecule is CCOc1c(S(=O)(=O)CC)ccc(C(=O)C2C(=O)CCC(C)C2=O)c1Cl. The molecule has 0 saturated heterocycles. The predicted octanol–water partition coefficient (Wildman–Crippen LogP) is 2.90. The summed E-state index contributed by atoms with van der Waals surface area (Å²) >= 11 is 6.27. The van der Waals surface area contributed by atoms with E-state index in [0.29, 0.717) is 6.42 Å². The van der Waals surface area contributed by atoms with E-state index in [1.807, 2.05) is 0 Å². The molecule has 2 rings (SSSR count). The molecule has 0 amide bonds. The summed E-state index contributed by atoms with van der Waals surface area (Å²) in [6.07, 6.45) is 0.578. The van der Waals surface area contributed by atoms with Crippen LogP contribution in [0, 0.1) is 11.8 Å². The molecule has 0 aromatic heterocycles. The molecular weight excluding hydrogens is 380 g/mol. The molecule has 2 atom stereocenters. The van der Waals surface area contributed by atoms with Crippen molar-refractivity contribution in [1.82, 2.24) is 0 Å². The number of ether oxygens (including phenoxy) is 1. The highest BCUT2D eigenvalue weighted by Crippen LogP contribution is 2.38. The molecule has 0 bridgehead atoms. The van der Waals surface area contributed by atoms with Crippen LogP contribution in [0.3, 0.4) is 0 Å². The third kappa shape index (κ3) is 3.69. The van der Waals surface area contributed by atoms with Crippen LogP contribution in [0.4, 0.5) is 0 Å². The third-order valence-electron chi connectivity index (χ3n) is 4.51. The van der Waals surface area contributed by atoms with Gasteiger partial charge in [-0.15, -0.1) is 0 Å². The number of ketones is 3. The summed E-state index contributed by atoms with van der Waals surface area (Å²) in [5, 5.41) is -0.190. The Hall–Kier alpha value is -1.73. The van der Waals surface area contributed by atoms with E-state index in [9.17, 15) is 22.8 Å². The second-order valence-electron chi connectivity index (χ2n) is 6.20. The van der Waals surface area contributed by atoms with Gasteiger partial charge in [-0.05, 0) is 25.5 Å². The molecule has 0 radical (unpaired) electrons. The first-order valence-corrected chi connectivity index (χ1v) is 10.5. The van der Waals surface area contributed by atoms with Gasteiger partial charge in [0.1, 0.15) is 10.8 Å². The molecule has 26 heavy (non-hydrogen) atoms. The first-order chi connectivity index (χ1) is 12.2. The lowest BCUT2D eigenvalue weighted by molar-refractivity contribution is -0.136. The monoisotopic (exact) mass is 400 g/mol. The van der Waals surface area contributed by atoms with E-state index in [2.05, 4.69) is 0 Å². The molecule has 8 heteroatoms. The van der Waals surface area contributed by atoms with Crippen molar-refractivity contribution in [2.45, 2.75) is 38.5 Å². The van der Waals surface area contributed by atoms with Gasteiger partial charge >= 0.3 is 0 Å². The Bertz CT molecular complexity index is 859. The van der Waals surface area contributed by atoms with Crippen molar-refractivity contribution >= 4 is 38.8 Å². The standard InChI is InChI=1S/C18H21ClO6S/c1-4-25-18-13(26(23,24)5-2)9-7-11(15(18)19)17(22)14-12(20)8-6-10(3)16(14)21/h7,9-10,14H,4-6,8H2,1-3H3. The summed E-state index contributed by atoms with van der Waals surface area (Å²) in [5.74, 6) is -3.62. The number of carbonyl (C=O) groups excluding carboxylic acids is 3. The van der Waals surface area contributed by atoms with Crippen molar-refractivity contribution in [3.63, 3.8) is 0 Å². The topological polar surface area (TPSA) is 94.6 Å². The second kappa shape index (κ2) is 7.88. The van der Waals surface area contributed by atoms with E-state index in [0.717, 1.165) is 0 Å². The molecule has 142 valence electrons. The van der Waals surface area contributed by atoms with Crippen LogP contribution in [-0.2, 0) is 19.4 Å². The van der Waals surface area contributed by atoms with Crippen LogP contribution in [0.25, 0.3) is 0 Å². The highest BCUT2D eigenvalue weighted by molar-refractivity contribution is 7.91. The quantitative estimate of drug-likeness (QED) is 0.538. The minimum Gasteiger partial charge on any atom is -0.491 e. The van der Waals surface area contributed by atoms with E-state index in [-0.39, 0.29) is 45.9 Å². The number of hydrogen-bond acceptors (Lipinski definition) is 6. The lowest BCUT2D eigenvalue weighted by Gasteiger charge is -2.24. The molecule has 0 aliphatic heterocycles. The van der Waals surface area contributed by atoms with Gasteiger partial charge in [0.05, 0.1) is 17.4 Å². The maximum absolute atomic E-state index is 12.8. The normalized spacial score (nSPS) is 20.9. The van der Waals surface area contributed by atoms with Crippen LogP contribution in [-0.4, -0.2) is 38.1 Å². The van der Waals surface area contributed by atoms with Crippen molar-refractivity contribution < 1.29 is 27.5 Å². The van der Waals surface area contributed by atoms with Gasteiger partial charge in [-0.1, -0.05) is 25.4 Å². The number of carbonyl (C=O) groups is 3. The van der Waals surface area contributed by atoms with E-state index in [4.69, 9.17) is 16.3 Å². The van der Waals surface area contributed by atoms with Crippen LogP contribution in [0.1, 0.15) is 44.0 Å².